The van der Waals surface area contributed by atoms with Gasteiger partial charge in [0.2, 0.25) is 0 Å². The number of hydrogen-bond acceptors (Lipinski definition) is 3. The molecule has 0 spiro atoms. The van der Waals surface area contributed by atoms with E-state index in [0.29, 0.717) is 12.2 Å². The fourth-order valence-corrected chi connectivity index (χ4v) is 2.24. The summed E-state index contributed by atoms with van der Waals surface area (Å²) in [5, 5.41) is 3.36. The monoisotopic (exact) mass is 228 g/mol. The predicted molar refractivity (Wildman–Crippen MR) is 68.8 cm³/mol. The van der Waals surface area contributed by atoms with Gasteiger partial charge in [-0.25, -0.2) is 0 Å². The smallest absolute Gasteiger partial charge is 0.0707 e. The molecule has 1 aliphatic heterocycles. The summed E-state index contributed by atoms with van der Waals surface area (Å²) in [4.78, 5) is 2.41. The first-order valence-corrected chi connectivity index (χ1v) is 6.81. The highest BCUT2D eigenvalue weighted by Gasteiger charge is 2.25. The van der Waals surface area contributed by atoms with E-state index >= 15 is 0 Å². The van der Waals surface area contributed by atoms with Gasteiger partial charge in [-0.3, -0.25) is 0 Å². The Morgan fingerprint density at radius 1 is 1.25 bits per heavy atom. The van der Waals surface area contributed by atoms with Crippen LogP contribution in [0, 0.1) is 0 Å². The Labute approximate surface area is 101 Å². The molecule has 3 nitrogen and oxygen atoms in total. The molecule has 2 unspecified atom stereocenters. The summed E-state index contributed by atoms with van der Waals surface area (Å²) in [6.07, 6.45) is 5.93. The molecule has 1 fully saturated rings. The lowest BCUT2D eigenvalue weighted by Crippen LogP contribution is -2.32. The van der Waals surface area contributed by atoms with Crippen LogP contribution in [0.2, 0.25) is 0 Å². The molecule has 0 aromatic carbocycles. The first kappa shape index (κ1) is 13.9. The first-order chi connectivity index (χ1) is 7.76. The fourth-order valence-electron chi connectivity index (χ4n) is 2.24. The number of hydrogen-bond donors (Lipinski definition) is 1. The van der Waals surface area contributed by atoms with Gasteiger partial charge in [0.1, 0.15) is 0 Å². The van der Waals surface area contributed by atoms with Gasteiger partial charge in [-0.1, -0.05) is 20.3 Å². The summed E-state index contributed by atoms with van der Waals surface area (Å²) in [7, 11) is 2.20. The number of unbranched alkanes of at least 4 members (excludes halogenated alkanes) is 1. The summed E-state index contributed by atoms with van der Waals surface area (Å²) in [6.45, 7) is 8.75. The quantitative estimate of drug-likeness (QED) is 0.686. The van der Waals surface area contributed by atoms with Gasteiger partial charge < -0.3 is 15.0 Å². The van der Waals surface area contributed by atoms with Gasteiger partial charge in [-0.15, -0.1) is 0 Å². The molecule has 1 rings (SSSR count). The van der Waals surface area contributed by atoms with Crippen LogP contribution in [0.15, 0.2) is 0 Å². The molecule has 0 radical (unpaired) electrons. The summed E-state index contributed by atoms with van der Waals surface area (Å²) in [5.41, 5.74) is 0. The maximum atomic E-state index is 6.01. The normalized spacial score (nSPS) is 25.5. The van der Waals surface area contributed by atoms with Crippen molar-refractivity contribution in [3.63, 3.8) is 0 Å². The van der Waals surface area contributed by atoms with Crippen LogP contribution in [-0.4, -0.2) is 50.3 Å². The Balaban J connectivity index is 2.10. The van der Waals surface area contributed by atoms with E-state index < -0.39 is 0 Å². The molecular formula is C13H28N2O. The molecule has 0 amide bonds. The van der Waals surface area contributed by atoms with E-state index in [1.165, 1.54) is 32.2 Å². The maximum absolute atomic E-state index is 6.01. The minimum absolute atomic E-state index is 0.449. The second-order valence-electron chi connectivity index (χ2n) is 4.88. The SMILES string of the molecule is CCCCN(C)CC1CCC(CNCC)O1. The topological polar surface area (TPSA) is 24.5 Å². The van der Waals surface area contributed by atoms with Gasteiger partial charge in [0, 0.05) is 13.1 Å². The molecule has 2 atom stereocenters. The van der Waals surface area contributed by atoms with Crippen molar-refractivity contribution in [1.29, 1.82) is 0 Å². The van der Waals surface area contributed by atoms with Gasteiger partial charge in [-0.2, -0.15) is 0 Å². The van der Waals surface area contributed by atoms with Gasteiger partial charge in [-0.05, 0) is 39.4 Å². The largest absolute Gasteiger partial charge is 0.372 e. The minimum Gasteiger partial charge on any atom is -0.372 e. The van der Waals surface area contributed by atoms with E-state index in [-0.39, 0.29) is 0 Å². The van der Waals surface area contributed by atoms with Crippen LogP contribution < -0.4 is 5.32 Å². The van der Waals surface area contributed by atoms with E-state index in [1.807, 2.05) is 0 Å². The molecule has 1 heterocycles. The van der Waals surface area contributed by atoms with E-state index in [9.17, 15) is 0 Å². The van der Waals surface area contributed by atoms with E-state index in [2.05, 4.69) is 31.1 Å². The zero-order chi connectivity index (χ0) is 11.8. The van der Waals surface area contributed by atoms with Crippen LogP contribution in [0.25, 0.3) is 0 Å². The number of likely N-dealkylation sites (N-methyl/N-ethyl adjacent to an activating group) is 2. The van der Waals surface area contributed by atoms with Crippen molar-refractivity contribution >= 4 is 0 Å². The molecule has 0 aliphatic carbocycles. The number of rotatable bonds is 8. The Hall–Kier alpha value is -0.120. The molecule has 3 heteroatoms. The number of ether oxygens (including phenoxy) is 1. The number of nitrogens with zero attached hydrogens (tertiary/aromatic N) is 1. The lowest BCUT2D eigenvalue weighted by molar-refractivity contribution is 0.0280. The van der Waals surface area contributed by atoms with Crippen molar-refractivity contribution in [1.82, 2.24) is 10.2 Å². The standard InChI is InChI=1S/C13H28N2O/c1-4-6-9-15(3)11-13-8-7-12(16-13)10-14-5-2/h12-14H,4-11H2,1-3H3. The second kappa shape index (κ2) is 8.04. The minimum atomic E-state index is 0.449. The molecule has 96 valence electrons. The summed E-state index contributed by atoms with van der Waals surface area (Å²) < 4.78 is 6.01. The average molecular weight is 228 g/mol. The van der Waals surface area contributed by atoms with E-state index in [4.69, 9.17) is 4.74 Å². The van der Waals surface area contributed by atoms with Crippen LogP contribution >= 0.6 is 0 Å². The Kier molecular flexibility index (Phi) is 7.01. The van der Waals surface area contributed by atoms with Gasteiger partial charge in [0.15, 0.2) is 0 Å². The summed E-state index contributed by atoms with van der Waals surface area (Å²) in [5.74, 6) is 0. The van der Waals surface area contributed by atoms with Crippen LogP contribution in [-0.2, 0) is 4.74 Å². The maximum Gasteiger partial charge on any atom is 0.0707 e. The van der Waals surface area contributed by atoms with Crippen LogP contribution in [0.3, 0.4) is 0 Å². The molecule has 0 bridgehead atoms. The second-order valence-corrected chi connectivity index (χ2v) is 4.88. The van der Waals surface area contributed by atoms with Gasteiger partial charge in [0.25, 0.3) is 0 Å². The van der Waals surface area contributed by atoms with Gasteiger partial charge in [0.05, 0.1) is 12.2 Å². The van der Waals surface area contributed by atoms with Crippen molar-refractivity contribution in [3.05, 3.63) is 0 Å². The highest BCUT2D eigenvalue weighted by Crippen LogP contribution is 2.19. The summed E-state index contributed by atoms with van der Waals surface area (Å²) in [6, 6.07) is 0. The Morgan fingerprint density at radius 3 is 2.69 bits per heavy atom. The third-order valence-corrected chi connectivity index (χ3v) is 3.23. The molecule has 0 aromatic rings. The van der Waals surface area contributed by atoms with Crippen LogP contribution in [0.5, 0.6) is 0 Å². The number of nitrogens with one attached hydrogen (secondary N) is 1. The Bertz CT molecular complexity index is 175. The average Bonchev–Trinajstić information content (AvgIpc) is 2.71. The molecule has 1 aliphatic rings. The highest BCUT2D eigenvalue weighted by atomic mass is 16.5. The van der Waals surface area contributed by atoms with Crippen molar-refractivity contribution < 1.29 is 4.74 Å². The van der Waals surface area contributed by atoms with Crippen molar-refractivity contribution in [2.75, 3.05) is 33.2 Å². The summed E-state index contributed by atoms with van der Waals surface area (Å²) >= 11 is 0. The van der Waals surface area contributed by atoms with Crippen molar-refractivity contribution in [3.8, 4) is 0 Å². The first-order valence-electron chi connectivity index (χ1n) is 6.81. The third kappa shape index (κ3) is 5.28. The van der Waals surface area contributed by atoms with E-state index in [1.54, 1.807) is 0 Å². The molecule has 1 saturated heterocycles. The third-order valence-electron chi connectivity index (χ3n) is 3.23. The van der Waals surface area contributed by atoms with Crippen LogP contribution in [0.1, 0.15) is 39.5 Å². The fraction of sp³-hybridized carbons (Fsp3) is 1.00. The highest BCUT2D eigenvalue weighted by molar-refractivity contribution is 4.77. The van der Waals surface area contributed by atoms with Gasteiger partial charge >= 0.3 is 0 Å². The molecule has 16 heavy (non-hydrogen) atoms. The zero-order valence-electron chi connectivity index (χ0n) is 11.2. The lowest BCUT2D eigenvalue weighted by atomic mass is 10.2. The molecule has 0 aromatic heterocycles. The van der Waals surface area contributed by atoms with E-state index in [0.717, 1.165) is 19.6 Å². The Morgan fingerprint density at radius 2 is 2.00 bits per heavy atom. The van der Waals surface area contributed by atoms with Crippen molar-refractivity contribution in [2.45, 2.75) is 51.7 Å². The zero-order valence-corrected chi connectivity index (χ0v) is 11.2. The lowest BCUT2D eigenvalue weighted by Gasteiger charge is -2.21. The van der Waals surface area contributed by atoms with Crippen LogP contribution in [0.4, 0.5) is 0 Å². The molecular weight excluding hydrogens is 200 g/mol. The molecule has 0 saturated carbocycles. The van der Waals surface area contributed by atoms with Crippen molar-refractivity contribution in [2.24, 2.45) is 0 Å². The predicted octanol–water partition coefficient (Wildman–Crippen LogP) is 1.88. The molecule has 1 N–H and O–H groups in total.